The Labute approximate surface area is 173 Å². The maximum Gasteiger partial charge on any atom is 0.240 e. The molecule has 2 aromatic carbocycles. The molecule has 1 heterocycles. The van der Waals surface area contributed by atoms with Crippen molar-refractivity contribution in [2.75, 3.05) is 6.54 Å². The Morgan fingerprint density at radius 3 is 2.72 bits per heavy atom. The summed E-state index contributed by atoms with van der Waals surface area (Å²) in [5.74, 6) is 0.421. The average molecular weight is 432 g/mol. The highest BCUT2D eigenvalue weighted by Gasteiger charge is 2.27. The van der Waals surface area contributed by atoms with E-state index in [2.05, 4.69) is 20.2 Å². The number of hydrogen-bond acceptors (Lipinski definition) is 5. The Balaban J connectivity index is 1.30. The van der Waals surface area contributed by atoms with E-state index in [1.807, 2.05) is 28.8 Å². The Bertz CT molecular complexity index is 1210. The molecule has 0 aliphatic heterocycles. The van der Waals surface area contributed by atoms with Crippen molar-refractivity contribution >= 4 is 38.9 Å². The Hall–Kier alpha value is -2.56. The van der Waals surface area contributed by atoms with Crippen LogP contribution in [0.1, 0.15) is 31.1 Å². The van der Waals surface area contributed by atoms with Crippen molar-refractivity contribution < 1.29 is 13.2 Å². The number of carbonyl (C=O) groups is 1. The summed E-state index contributed by atoms with van der Waals surface area (Å²) in [5.41, 5.74) is 0. The number of aromatic nitrogens is 3. The van der Waals surface area contributed by atoms with Gasteiger partial charge in [0.2, 0.25) is 15.9 Å². The zero-order chi connectivity index (χ0) is 20.4. The van der Waals surface area contributed by atoms with Crippen molar-refractivity contribution in [3.8, 4) is 0 Å². The molecule has 3 aromatic rings. The first kappa shape index (κ1) is 19.7. The van der Waals surface area contributed by atoms with Gasteiger partial charge in [-0.25, -0.2) is 13.1 Å². The number of nitrogens with zero attached hydrogens (tertiary/aromatic N) is 2. The second-order valence-corrected chi connectivity index (χ2v) is 9.13. The van der Waals surface area contributed by atoms with Gasteiger partial charge >= 0.3 is 0 Å². The lowest BCUT2D eigenvalue weighted by molar-refractivity contribution is -0.121. The van der Waals surface area contributed by atoms with E-state index in [0.717, 1.165) is 23.6 Å². The van der Waals surface area contributed by atoms with E-state index >= 15 is 0 Å². The smallest absolute Gasteiger partial charge is 0.240 e. The standard InChI is InChI=1S/C19H21N5O3S2/c25-18(20-12-17-22-23-19(28)24(17)15-6-7-15)9-10-21-29(26,27)16-8-5-13-3-1-2-4-14(13)11-16/h1-5,8,11,15,21H,6-7,9-10,12H2,(H,20,25)(H,23,28). The summed E-state index contributed by atoms with van der Waals surface area (Å²) < 4.78 is 30.0. The fourth-order valence-electron chi connectivity index (χ4n) is 3.15. The number of amides is 1. The second kappa shape index (κ2) is 8.05. The molecule has 0 spiro atoms. The highest BCUT2D eigenvalue weighted by Crippen LogP contribution is 2.35. The van der Waals surface area contributed by atoms with Crippen LogP contribution >= 0.6 is 12.2 Å². The van der Waals surface area contributed by atoms with Gasteiger partial charge in [0.15, 0.2) is 10.6 Å². The van der Waals surface area contributed by atoms with Gasteiger partial charge in [0.05, 0.1) is 11.4 Å². The molecule has 0 unspecified atom stereocenters. The van der Waals surface area contributed by atoms with E-state index < -0.39 is 10.0 Å². The predicted molar refractivity (Wildman–Crippen MR) is 111 cm³/mol. The van der Waals surface area contributed by atoms with Crippen molar-refractivity contribution in [2.24, 2.45) is 0 Å². The largest absolute Gasteiger partial charge is 0.349 e. The van der Waals surface area contributed by atoms with Crippen LogP contribution in [0.15, 0.2) is 47.4 Å². The lowest BCUT2D eigenvalue weighted by Crippen LogP contribution is -2.31. The number of nitrogens with one attached hydrogen (secondary N) is 3. The third-order valence-corrected chi connectivity index (χ3v) is 6.56. The van der Waals surface area contributed by atoms with Crippen LogP contribution in [0.2, 0.25) is 0 Å². The molecule has 0 radical (unpaired) electrons. The fraction of sp³-hybridized carbons (Fsp3) is 0.316. The van der Waals surface area contributed by atoms with Gasteiger partial charge in [-0.1, -0.05) is 30.3 Å². The summed E-state index contributed by atoms with van der Waals surface area (Å²) in [7, 11) is -3.69. The molecule has 1 aliphatic rings. The molecule has 0 saturated heterocycles. The maximum atomic E-state index is 12.5. The maximum absolute atomic E-state index is 12.5. The number of carbonyl (C=O) groups excluding carboxylic acids is 1. The summed E-state index contributed by atoms with van der Waals surface area (Å²) in [6.07, 6.45) is 2.15. The molecular weight excluding hydrogens is 410 g/mol. The van der Waals surface area contributed by atoms with Crippen LogP contribution in [-0.4, -0.2) is 35.6 Å². The second-order valence-electron chi connectivity index (χ2n) is 6.98. The van der Waals surface area contributed by atoms with Crippen LogP contribution in [0, 0.1) is 4.77 Å². The van der Waals surface area contributed by atoms with Gasteiger partial charge in [-0.15, -0.1) is 0 Å². The van der Waals surface area contributed by atoms with Crippen molar-refractivity contribution in [1.29, 1.82) is 0 Å². The quantitative estimate of drug-likeness (QED) is 0.475. The number of rotatable bonds is 8. The summed E-state index contributed by atoms with van der Waals surface area (Å²) in [6, 6.07) is 12.9. The molecular formula is C19H21N5O3S2. The first-order valence-corrected chi connectivity index (χ1v) is 11.2. The molecule has 10 heteroatoms. The molecule has 3 N–H and O–H groups in total. The highest BCUT2D eigenvalue weighted by molar-refractivity contribution is 7.89. The van der Waals surface area contributed by atoms with E-state index in [1.54, 1.807) is 18.2 Å². The molecule has 1 aromatic heterocycles. The summed E-state index contributed by atoms with van der Waals surface area (Å²) in [5, 5.41) is 11.5. The van der Waals surface area contributed by atoms with Crippen molar-refractivity contribution in [1.82, 2.24) is 24.8 Å². The van der Waals surface area contributed by atoms with E-state index in [9.17, 15) is 13.2 Å². The summed E-state index contributed by atoms with van der Waals surface area (Å²) in [6.45, 7) is 0.260. The van der Waals surface area contributed by atoms with Crippen molar-refractivity contribution in [3.05, 3.63) is 53.1 Å². The normalized spacial score (nSPS) is 14.2. The molecule has 29 heavy (non-hydrogen) atoms. The van der Waals surface area contributed by atoms with Gasteiger partial charge in [-0.2, -0.15) is 5.10 Å². The number of benzene rings is 2. The van der Waals surface area contributed by atoms with Gasteiger partial charge in [0.1, 0.15) is 0 Å². The van der Waals surface area contributed by atoms with Crippen LogP contribution in [0.25, 0.3) is 10.8 Å². The van der Waals surface area contributed by atoms with Gasteiger partial charge in [0.25, 0.3) is 0 Å². The third kappa shape index (κ3) is 4.55. The van der Waals surface area contributed by atoms with Crippen LogP contribution < -0.4 is 10.0 Å². The third-order valence-electron chi connectivity index (χ3n) is 4.81. The first-order valence-electron chi connectivity index (χ1n) is 9.35. The van der Waals surface area contributed by atoms with Crippen LogP contribution in [0.4, 0.5) is 0 Å². The van der Waals surface area contributed by atoms with Crippen molar-refractivity contribution in [3.63, 3.8) is 0 Å². The van der Waals surface area contributed by atoms with Gasteiger partial charge in [-0.05, 0) is 48.0 Å². The number of fused-ring (bicyclic) bond motifs is 1. The van der Waals surface area contributed by atoms with Crippen LogP contribution in [0.3, 0.4) is 0 Å². The first-order chi connectivity index (χ1) is 13.9. The van der Waals surface area contributed by atoms with Crippen LogP contribution in [-0.2, 0) is 21.4 Å². The van der Waals surface area contributed by atoms with E-state index in [4.69, 9.17) is 12.2 Å². The molecule has 0 bridgehead atoms. The molecule has 152 valence electrons. The zero-order valence-electron chi connectivity index (χ0n) is 15.6. The van der Waals surface area contributed by atoms with Gasteiger partial charge in [0, 0.05) is 19.0 Å². The lowest BCUT2D eigenvalue weighted by atomic mass is 10.1. The molecule has 8 nitrogen and oxygen atoms in total. The number of hydrogen-bond donors (Lipinski definition) is 3. The van der Waals surface area contributed by atoms with E-state index in [-0.39, 0.29) is 30.3 Å². The van der Waals surface area contributed by atoms with E-state index in [0.29, 0.717) is 16.6 Å². The molecule has 1 amide bonds. The monoisotopic (exact) mass is 431 g/mol. The topological polar surface area (TPSA) is 109 Å². The molecule has 0 atom stereocenters. The highest BCUT2D eigenvalue weighted by atomic mass is 32.2. The minimum absolute atomic E-state index is 0.0104. The van der Waals surface area contributed by atoms with Crippen LogP contribution in [0.5, 0.6) is 0 Å². The predicted octanol–water partition coefficient (Wildman–Crippen LogP) is 2.41. The van der Waals surface area contributed by atoms with Gasteiger partial charge < -0.3 is 5.32 Å². The summed E-state index contributed by atoms with van der Waals surface area (Å²) >= 11 is 5.21. The summed E-state index contributed by atoms with van der Waals surface area (Å²) in [4.78, 5) is 12.3. The lowest BCUT2D eigenvalue weighted by Gasteiger charge is -2.09. The fourth-order valence-corrected chi connectivity index (χ4v) is 4.52. The SMILES string of the molecule is O=C(CCNS(=O)(=O)c1ccc2ccccc2c1)NCc1n[nH]c(=S)n1C1CC1. The number of sulfonamides is 1. The van der Waals surface area contributed by atoms with Crippen molar-refractivity contribution in [2.45, 2.75) is 36.7 Å². The minimum atomic E-state index is -3.69. The minimum Gasteiger partial charge on any atom is -0.349 e. The Kier molecular flexibility index (Phi) is 5.48. The number of aromatic amines is 1. The van der Waals surface area contributed by atoms with E-state index in [1.165, 1.54) is 0 Å². The van der Waals surface area contributed by atoms with Gasteiger partial charge in [-0.3, -0.25) is 14.5 Å². The zero-order valence-corrected chi connectivity index (χ0v) is 17.2. The average Bonchev–Trinajstić information content (AvgIpc) is 3.48. The molecule has 4 rings (SSSR count). The molecule has 1 aliphatic carbocycles. The molecule has 1 fully saturated rings. The number of H-pyrrole nitrogens is 1. The Morgan fingerprint density at radius 1 is 1.21 bits per heavy atom. The Morgan fingerprint density at radius 2 is 1.97 bits per heavy atom. The molecule has 1 saturated carbocycles.